The first-order valence-electron chi connectivity index (χ1n) is 8.37. The van der Waals surface area contributed by atoms with Gasteiger partial charge in [-0.05, 0) is 42.5 Å². The molecule has 1 aromatic heterocycles. The quantitative estimate of drug-likeness (QED) is 0.733. The van der Waals surface area contributed by atoms with Crippen LogP contribution in [0, 0.1) is 0 Å². The number of rotatable bonds is 4. The lowest BCUT2D eigenvalue weighted by Gasteiger charge is -2.21. The highest BCUT2D eigenvalue weighted by Gasteiger charge is 2.21. The summed E-state index contributed by atoms with van der Waals surface area (Å²) in [5, 5.41) is 3.51. The largest absolute Gasteiger partial charge is 0.493 e. The summed E-state index contributed by atoms with van der Waals surface area (Å²) in [6.07, 6.45) is 3.77. The van der Waals surface area contributed by atoms with E-state index < -0.39 is 0 Å². The van der Waals surface area contributed by atoms with Crippen molar-refractivity contribution in [3.05, 3.63) is 65.4 Å². The Labute approximate surface area is 161 Å². The third-order valence-corrected chi connectivity index (χ3v) is 4.42. The molecule has 0 unspecified atom stereocenters. The van der Waals surface area contributed by atoms with Gasteiger partial charge in [-0.15, -0.1) is 0 Å². The predicted octanol–water partition coefficient (Wildman–Crippen LogP) is 4.16. The number of carbonyl (C=O) groups is 1. The minimum Gasteiger partial charge on any atom is -0.493 e. The topological polar surface area (TPSA) is 61.7 Å². The summed E-state index contributed by atoms with van der Waals surface area (Å²) in [5.74, 6) is 1.17. The van der Waals surface area contributed by atoms with E-state index in [1.807, 2.05) is 29.1 Å². The number of amides is 1. The molecule has 2 aromatic carbocycles. The maximum atomic E-state index is 12.9. The van der Waals surface area contributed by atoms with Gasteiger partial charge >= 0.3 is 0 Å². The van der Waals surface area contributed by atoms with E-state index in [2.05, 4.69) is 5.32 Å². The van der Waals surface area contributed by atoms with Gasteiger partial charge in [0.1, 0.15) is 13.2 Å². The second-order valence-electron chi connectivity index (χ2n) is 5.91. The van der Waals surface area contributed by atoms with Crippen LogP contribution in [0.1, 0.15) is 10.4 Å². The van der Waals surface area contributed by atoms with Crippen molar-refractivity contribution in [3.8, 4) is 22.9 Å². The van der Waals surface area contributed by atoms with Crippen LogP contribution in [0.2, 0.25) is 5.02 Å². The van der Waals surface area contributed by atoms with Crippen LogP contribution in [-0.2, 0) is 0 Å². The summed E-state index contributed by atoms with van der Waals surface area (Å²) >= 11 is 6.13. The summed E-state index contributed by atoms with van der Waals surface area (Å²) in [4.78, 5) is 12.9. The van der Waals surface area contributed by atoms with E-state index in [0.717, 1.165) is 5.69 Å². The Hall–Kier alpha value is -3.12. The zero-order chi connectivity index (χ0) is 18.8. The summed E-state index contributed by atoms with van der Waals surface area (Å²) in [6.45, 7) is 0.871. The molecular formula is C20H17ClN2O4. The lowest BCUT2D eigenvalue weighted by Crippen LogP contribution is -2.18. The predicted molar refractivity (Wildman–Crippen MR) is 103 cm³/mol. The summed E-state index contributed by atoms with van der Waals surface area (Å²) < 4.78 is 18.4. The number of benzene rings is 2. The van der Waals surface area contributed by atoms with Gasteiger partial charge in [0, 0.05) is 23.0 Å². The van der Waals surface area contributed by atoms with E-state index in [1.165, 1.54) is 7.11 Å². The molecule has 0 fully saturated rings. The van der Waals surface area contributed by atoms with Crippen molar-refractivity contribution >= 4 is 23.2 Å². The highest BCUT2D eigenvalue weighted by atomic mass is 35.5. The van der Waals surface area contributed by atoms with Crippen molar-refractivity contribution in [1.82, 2.24) is 4.57 Å². The number of methoxy groups -OCH3 is 1. The van der Waals surface area contributed by atoms with Gasteiger partial charge in [-0.25, -0.2) is 0 Å². The van der Waals surface area contributed by atoms with Crippen LogP contribution in [0.3, 0.4) is 0 Å². The molecule has 1 aliphatic heterocycles. The molecule has 2 heterocycles. The molecular weight excluding hydrogens is 368 g/mol. The number of halogens is 1. The normalized spacial score (nSPS) is 12.5. The summed E-state index contributed by atoms with van der Waals surface area (Å²) in [5.41, 5.74) is 1.81. The molecule has 0 aliphatic carbocycles. The van der Waals surface area contributed by atoms with Crippen molar-refractivity contribution in [1.29, 1.82) is 0 Å². The number of hydrogen-bond donors (Lipinski definition) is 1. The van der Waals surface area contributed by atoms with Crippen molar-refractivity contribution < 1.29 is 19.0 Å². The van der Waals surface area contributed by atoms with Gasteiger partial charge in [0.25, 0.3) is 5.91 Å². The van der Waals surface area contributed by atoms with Crippen molar-refractivity contribution in [2.75, 3.05) is 25.6 Å². The van der Waals surface area contributed by atoms with Gasteiger partial charge in [-0.2, -0.15) is 0 Å². The third kappa shape index (κ3) is 3.44. The van der Waals surface area contributed by atoms with Gasteiger partial charge in [0.15, 0.2) is 11.5 Å². The zero-order valence-electron chi connectivity index (χ0n) is 14.6. The fraction of sp³-hybridized carbons (Fsp3) is 0.150. The van der Waals surface area contributed by atoms with Gasteiger partial charge in [0.2, 0.25) is 5.75 Å². The highest BCUT2D eigenvalue weighted by molar-refractivity contribution is 6.31. The Morgan fingerprint density at radius 1 is 1.15 bits per heavy atom. The van der Waals surface area contributed by atoms with Gasteiger partial charge in [0.05, 0.1) is 18.5 Å². The van der Waals surface area contributed by atoms with Crippen LogP contribution in [0.5, 0.6) is 17.2 Å². The molecule has 1 N–H and O–H groups in total. The number of anilines is 1. The minimum atomic E-state index is -0.291. The SMILES string of the molecule is COc1cc(C(=O)Nc2ccc(Cl)cc2-n2cccc2)cc2c1OCCO2. The molecule has 4 rings (SSSR count). The smallest absolute Gasteiger partial charge is 0.255 e. The number of aromatic nitrogens is 1. The van der Waals surface area contributed by atoms with Crippen LogP contribution in [-0.4, -0.2) is 30.8 Å². The van der Waals surface area contributed by atoms with Crippen LogP contribution in [0.25, 0.3) is 5.69 Å². The van der Waals surface area contributed by atoms with Crippen molar-refractivity contribution in [2.45, 2.75) is 0 Å². The van der Waals surface area contributed by atoms with E-state index in [4.69, 9.17) is 25.8 Å². The summed E-state index contributed by atoms with van der Waals surface area (Å²) in [7, 11) is 1.53. The monoisotopic (exact) mass is 384 g/mol. The number of carbonyl (C=O) groups excluding carboxylic acids is 1. The lowest BCUT2D eigenvalue weighted by atomic mass is 10.1. The average Bonchev–Trinajstić information content (AvgIpc) is 3.23. The molecule has 1 aliphatic rings. The summed E-state index contributed by atoms with van der Waals surface area (Å²) in [6, 6.07) is 12.4. The van der Waals surface area contributed by atoms with Crippen LogP contribution < -0.4 is 19.5 Å². The fourth-order valence-electron chi connectivity index (χ4n) is 2.92. The molecule has 0 bridgehead atoms. The molecule has 0 spiro atoms. The first kappa shape index (κ1) is 17.3. The number of nitrogens with one attached hydrogen (secondary N) is 1. The first-order valence-corrected chi connectivity index (χ1v) is 8.75. The number of fused-ring (bicyclic) bond motifs is 1. The van der Waals surface area contributed by atoms with Crippen LogP contribution >= 0.6 is 11.6 Å². The van der Waals surface area contributed by atoms with Crippen LogP contribution in [0.4, 0.5) is 5.69 Å². The Morgan fingerprint density at radius 3 is 2.70 bits per heavy atom. The van der Waals surface area contributed by atoms with Gasteiger partial charge < -0.3 is 24.1 Å². The van der Waals surface area contributed by atoms with Crippen molar-refractivity contribution in [2.24, 2.45) is 0 Å². The molecule has 0 saturated carbocycles. The number of nitrogens with zero attached hydrogens (tertiary/aromatic N) is 1. The maximum Gasteiger partial charge on any atom is 0.255 e. The molecule has 1 amide bonds. The Morgan fingerprint density at radius 2 is 1.93 bits per heavy atom. The minimum absolute atomic E-state index is 0.291. The molecule has 138 valence electrons. The molecule has 0 atom stereocenters. The average molecular weight is 385 g/mol. The van der Waals surface area contributed by atoms with Gasteiger partial charge in [-0.1, -0.05) is 11.6 Å². The van der Waals surface area contributed by atoms with E-state index in [-0.39, 0.29) is 5.91 Å². The van der Waals surface area contributed by atoms with E-state index >= 15 is 0 Å². The third-order valence-electron chi connectivity index (χ3n) is 4.18. The number of hydrogen-bond acceptors (Lipinski definition) is 4. The van der Waals surface area contributed by atoms with E-state index in [1.54, 1.807) is 30.3 Å². The number of ether oxygens (including phenoxy) is 3. The molecule has 27 heavy (non-hydrogen) atoms. The second-order valence-corrected chi connectivity index (χ2v) is 6.35. The Bertz CT molecular complexity index is 969. The standard InChI is InChI=1S/C20H17ClN2O4/c1-25-17-10-13(11-18-19(17)27-9-8-26-18)20(24)22-15-5-4-14(21)12-16(15)23-6-2-3-7-23/h2-7,10-12H,8-9H2,1H3,(H,22,24). The molecule has 0 saturated heterocycles. The molecule has 0 radical (unpaired) electrons. The van der Waals surface area contributed by atoms with E-state index in [0.29, 0.717) is 46.7 Å². The second kappa shape index (κ2) is 7.25. The molecule has 6 nitrogen and oxygen atoms in total. The molecule has 7 heteroatoms. The Balaban J connectivity index is 1.68. The zero-order valence-corrected chi connectivity index (χ0v) is 15.3. The maximum absolute atomic E-state index is 12.9. The van der Waals surface area contributed by atoms with Crippen molar-refractivity contribution in [3.63, 3.8) is 0 Å². The molecule has 3 aromatic rings. The first-order chi connectivity index (χ1) is 13.2. The lowest BCUT2D eigenvalue weighted by molar-refractivity contribution is 0.102. The van der Waals surface area contributed by atoms with Crippen LogP contribution in [0.15, 0.2) is 54.9 Å². The van der Waals surface area contributed by atoms with Gasteiger partial charge in [-0.3, -0.25) is 4.79 Å². The Kier molecular flexibility index (Phi) is 4.64. The fourth-order valence-corrected chi connectivity index (χ4v) is 3.08. The highest BCUT2D eigenvalue weighted by Crippen LogP contribution is 2.40. The van der Waals surface area contributed by atoms with E-state index in [9.17, 15) is 4.79 Å².